The summed E-state index contributed by atoms with van der Waals surface area (Å²) in [5, 5.41) is 13.5. The van der Waals surface area contributed by atoms with E-state index in [9.17, 15) is 19.7 Å². The van der Waals surface area contributed by atoms with Crippen molar-refractivity contribution in [3.63, 3.8) is 0 Å². The number of hydrogen-bond acceptors (Lipinski definition) is 7. The fourth-order valence-corrected chi connectivity index (χ4v) is 3.94. The van der Waals surface area contributed by atoms with Gasteiger partial charge in [-0.15, -0.1) is 0 Å². The highest BCUT2D eigenvalue weighted by Gasteiger charge is 2.33. The summed E-state index contributed by atoms with van der Waals surface area (Å²) in [6.07, 6.45) is 1.69. The minimum absolute atomic E-state index is 0.0582. The van der Waals surface area contributed by atoms with Gasteiger partial charge in [0, 0.05) is 6.07 Å². The van der Waals surface area contributed by atoms with Crippen LogP contribution < -0.4 is 10.1 Å². The van der Waals surface area contributed by atoms with E-state index < -0.39 is 16.7 Å². The number of thioether (sulfide) groups is 1. The van der Waals surface area contributed by atoms with Crippen LogP contribution in [0.1, 0.15) is 12.5 Å². The molecule has 0 bridgehead atoms. The number of benzene rings is 2. The van der Waals surface area contributed by atoms with E-state index in [4.69, 9.17) is 17.0 Å². The molecule has 0 spiro atoms. The Labute approximate surface area is 182 Å². The van der Waals surface area contributed by atoms with Gasteiger partial charge in [0.15, 0.2) is 0 Å². The van der Waals surface area contributed by atoms with E-state index in [1.165, 1.54) is 23.1 Å². The average Bonchev–Trinajstić information content (AvgIpc) is 2.97. The summed E-state index contributed by atoms with van der Waals surface area (Å²) in [4.78, 5) is 37.1. The van der Waals surface area contributed by atoms with Crippen LogP contribution in [0.3, 0.4) is 0 Å². The number of hydrogen-bond donors (Lipinski definition) is 1. The van der Waals surface area contributed by atoms with Gasteiger partial charge < -0.3 is 10.1 Å². The molecule has 154 valence electrons. The summed E-state index contributed by atoms with van der Waals surface area (Å²) in [6, 6.07) is 13.0. The number of carbonyl (C=O) groups excluding carboxylic acids is 2. The van der Waals surface area contributed by atoms with Crippen molar-refractivity contribution in [2.24, 2.45) is 0 Å². The molecule has 3 rings (SSSR count). The zero-order chi connectivity index (χ0) is 21.7. The number of para-hydroxylation sites is 2. The van der Waals surface area contributed by atoms with E-state index in [-0.39, 0.29) is 22.2 Å². The van der Waals surface area contributed by atoms with Crippen molar-refractivity contribution in [2.45, 2.75) is 6.92 Å². The molecule has 1 aliphatic rings. The van der Waals surface area contributed by atoms with E-state index in [0.717, 1.165) is 23.1 Å². The normalized spacial score (nSPS) is 14.8. The highest BCUT2D eigenvalue weighted by Crippen LogP contribution is 2.33. The van der Waals surface area contributed by atoms with Crippen LogP contribution in [0.25, 0.3) is 6.08 Å². The molecule has 0 unspecified atom stereocenters. The lowest BCUT2D eigenvalue weighted by Gasteiger charge is -2.14. The predicted molar refractivity (Wildman–Crippen MR) is 119 cm³/mol. The van der Waals surface area contributed by atoms with Crippen LogP contribution in [0.15, 0.2) is 53.4 Å². The van der Waals surface area contributed by atoms with Gasteiger partial charge in [-0.05, 0) is 36.8 Å². The summed E-state index contributed by atoms with van der Waals surface area (Å²) in [5.74, 6) is -0.242. The van der Waals surface area contributed by atoms with E-state index in [1.54, 1.807) is 24.3 Å². The van der Waals surface area contributed by atoms with Gasteiger partial charge in [0.1, 0.15) is 22.3 Å². The SMILES string of the molecule is CCOc1ccc(/C=C2/SC(=S)N(CC(=O)Nc3ccccc3[N+](=O)[O-])C2=O)cc1. The van der Waals surface area contributed by atoms with Crippen LogP contribution in [0, 0.1) is 10.1 Å². The third-order valence-corrected chi connectivity index (χ3v) is 5.42. The highest BCUT2D eigenvalue weighted by atomic mass is 32.2. The summed E-state index contributed by atoms with van der Waals surface area (Å²) in [7, 11) is 0. The molecule has 1 N–H and O–H groups in total. The van der Waals surface area contributed by atoms with Crippen LogP contribution in [0.2, 0.25) is 0 Å². The summed E-state index contributed by atoms with van der Waals surface area (Å²) in [6.45, 7) is 2.12. The molecule has 0 aromatic heterocycles. The molecule has 2 amide bonds. The van der Waals surface area contributed by atoms with Crippen molar-refractivity contribution in [2.75, 3.05) is 18.5 Å². The lowest BCUT2D eigenvalue weighted by molar-refractivity contribution is -0.383. The number of thiocarbonyl (C=S) groups is 1. The number of anilines is 1. The molecule has 0 atom stereocenters. The van der Waals surface area contributed by atoms with Gasteiger partial charge in [0.05, 0.1) is 16.4 Å². The standard InChI is InChI=1S/C20H17N3O5S2/c1-2-28-14-9-7-13(8-10-14)11-17-19(25)22(20(29)30-17)12-18(24)21-15-5-3-4-6-16(15)23(26)27/h3-11H,2,12H2,1H3,(H,21,24)/b17-11+. The number of nitro benzene ring substituents is 1. The van der Waals surface area contributed by atoms with E-state index in [2.05, 4.69) is 5.32 Å². The van der Waals surface area contributed by atoms with E-state index in [0.29, 0.717) is 11.5 Å². The molecule has 30 heavy (non-hydrogen) atoms. The van der Waals surface area contributed by atoms with Gasteiger partial charge >= 0.3 is 0 Å². The topological polar surface area (TPSA) is 102 Å². The first kappa shape index (κ1) is 21.5. The van der Waals surface area contributed by atoms with Crippen LogP contribution in [-0.2, 0) is 9.59 Å². The van der Waals surface area contributed by atoms with Gasteiger partial charge in [-0.25, -0.2) is 0 Å². The maximum absolute atomic E-state index is 12.7. The number of nitrogens with one attached hydrogen (secondary N) is 1. The quantitative estimate of drug-likeness (QED) is 0.300. The van der Waals surface area contributed by atoms with E-state index in [1.807, 2.05) is 19.1 Å². The van der Waals surface area contributed by atoms with Crippen LogP contribution >= 0.6 is 24.0 Å². The first-order valence-electron chi connectivity index (χ1n) is 8.90. The Hall–Kier alpha value is -3.24. The van der Waals surface area contributed by atoms with Crippen molar-refractivity contribution >= 4 is 57.6 Å². The monoisotopic (exact) mass is 443 g/mol. The maximum Gasteiger partial charge on any atom is 0.292 e. The molecular formula is C20H17N3O5S2. The predicted octanol–water partition coefficient (Wildman–Crippen LogP) is 3.83. The Morgan fingerprint density at radius 1 is 1.27 bits per heavy atom. The second-order valence-electron chi connectivity index (χ2n) is 6.09. The molecule has 0 saturated carbocycles. The fourth-order valence-electron chi connectivity index (χ4n) is 2.69. The van der Waals surface area contributed by atoms with Gasteiger partial charge in [-0.1, -0.05) is 48.2 Å². The van der Waals surface area contributed by atoms with Gasteiger partial charge in [-0.2, -0.15) is 0 Å². The largest absolute Gasteiger partial charge is 0.494 e. The van der Waals surface area contributed by atoms with Crippen molar-refractivity contribution in [3.8, 4) is 5.75 Å². The van der Waals surface area contributed by atoms with Crippen molar-refractivity contribution < 1.29 is 19.2 Å². The first-order valence-corrected chi connectivity index (χ1v) is 10.1. The van der Waals surface area contributed by atoms with Gasteiger partial charge in [-0.3, -0.25) is 24.6 Å². The van der Waals surface area contributed by atoms with Crippen LogP contribution in [0.5, 0.6) is 5.75 Å². The highest BCUT2D eigenvalue weighted by molar-refractivity contribution is 8.26. The molecule has 0 aliphatic carbocycles. The average molecular weight is 444 g/mol. The Bertz CT molecular complexity index is 1040. The lowest BCUT2D eigenvalue weighted by Crippen LogP contribution is -2.36. The van der Waals surface area contributed by atoms with E-state index >= 15 is 0 Å². The van der Waals surface area contributed by atoms with Crippen LogP contribution in [-0.4, -0.2) is 39.1 Å². The number of carbonyl (C=O) groups is 2. The second-order valence-corrected chi connectivity index (χ2v) is 7.77. The smallest absolute Gasteiger partial charge is 0.292 e. The van der Waals surface area contributed by atoms with Crippen molar-refractivity contribution in [3.05, 3.63) is 69.1 Å². The zero-order valence-electron chi connectivity index (χ0n) is 15.9. The molecule has 8 nitrogen and oxygen atoms in total. The molecule has 1 aliphatic heterocycles. The van der Waals surface area contributed by atoms with Gasteiger partial charge in [0.25, 0.3) is 11.6 Å². The number of ether oxygens (including phenoxy) is 1. The lowest BCUT2D eigenvalue weighted by atomic mass is 10.2. The molecule has 2 aromatic rings. The Morgan fingerprint density at radius 2 is 1.97 bits per heavy atom. The molecule has 10 heteroatoms. The Balaban J connectivity index is 1.69. The van der Waals surface area contributed by atoms with Crippen molar-refractivity contribution in [1.29, 1.82) is 0 Å². The Morgan fingerprint density at radius 3 is 2.63 bits per heavy atom. The molecule has 0 radical (unpaired) electrons. The molecular weight excluding hydrogens is 426 g/mol. The third-order valence-electron chi connectivity index (χ3n) is 4.04. The second kappa shape index (κ2) is 9.51. The maximum atomic E-state index is 12.7. The number of amides is 2. The number of rotatable bonds is 7. The Kier molecular flexibility index (Phi) is 6.80. The zero-order valence-corrected chi connectivity index (χ0v) is 17.5. The molecule has 1 fully saturated rings. The minimum Gasteiger partial charge on any atom is -0.494 e. The molecule has 1 heterocycles. The molecule has 2 aromatic carbocycles. The number of nitro groups is 1. The fraction of sp³-hybridized carbons (Fsp3) is 0.150. The third kappa shape index (κ3) is 5.02. The van der Waals surface area contributed by atoms with Crippen LogP contribution in [0.4, 0.5) is 11.4 Å². The van der Waals surface area contributed by atoms with Crippen molar-refractivity contribution in [1.82, 2.24) is 4.90 Å². The van der Waals surface area contributed by atoms with Gasteiger partial charge in [0.2, 0.25) is 5.91 Å². The summed E-state index contributed by atoms with van der Waals surface area (Å²) < 4.78 is 5.64. The summed E-state index contributed by atoms with van der Waals surface area (Å²) >= 11 is 6.33. The number of nitrogens with zero attached hydrogens (tertiary/aromatic N) is 2. The molecule has 1 saturated heterocycles. The first-order chi connectivity index (χ1) is 14.4. The minimum atomic E-state index is -0.589. The summed E-state index contributed by atoms with van der Waals surface area (Å²) in [5.41, 5.74) is 0.623.